The van der Waals surface area contributed by atoms with Crippen molar-refractivity contribution >= 4 is 11.7 Å². The third-order valence-electron chi connectivity index (χ3n) is 1.57. The second kappa shape index (κ2) is 2.34. The number of rotatable bonds is 0. The lowest BCUT2D eigenvalue weighted by molar-refractivity contribution is 1.20. The molecule has 0 aromatic heterocycles. The van der Waals surface area contributed by atoms with E-state index in [0.717, 1.165) is 0 Å². The SMILES string of the molecule is N=C1N=c2ccccc2=NC1=N. The molecule has 0 saturated heterocycles. The zero-order valence-corrected chi connectivity index (χ0v) is 6.20. The highest BCUT2D eigenvalue weighted by Gasteiger charge is 2.05. The van der Waals surface area contributed by atoms with Gasteiger partial charge in [-0.1, -0.05) is 12.1 Å². The Morgan fingerprint density at radius 3 is 1.67 bits per heavy atom. The summed E-state index contributed by atoms with van der Waals surface area (Å²) < 4.78 is 0. The molecule has 2 N–H and O–H groups in total. The molecule has 2 rings (SSSR count). The molecule has 1 aliphatic heterocycles. The van der Waals surface area contributed by atoms with Gasteiger partial charge in [-0.25, -0.2) is 9.98 Å². The van der Waals surface area contributed by atoms with Crippen LogP contribution in [0.5, 0.6) is 0 Å². The third kappa shape index (κ3) is 0.934. The Hall–Kier alpha value is -1.84. The summed E-state index contributed by atoms with van der Waals surface area (Å²) in [6.07, 6.45) is 0. The molecule has 1 aromatic rings. The van der Waals surface area contributed by atoms with Crippen LogP contribution in [0, 0.1) is 10.8 Å². The van der Waals surface area contributed by atoms with E-state index in [1.165, 1.54) is 0 Å². The molecule has 0 radical (unpaired) electrons. The van der Waals surface area contributed by atoms with Crippen molar-refractivity contribution in [1.82, 2.24) is 0 Å². The summed E-state index contributed by atoms with van der Waals surface area (Å²) in [5, 5.41) is 15.8. The Morgan fingerprint density at radius 2 is 1.25 bits per heavy atom. The summed E-state index contributed by atoms with van der Waals surface area (Å²) in [6.45, 7) is 0. The summed E-state index contributed by atoms with van der Waals surface area (Å²) in [7, 11) is 0. The largest absolute Gasteiger partial charge is 0.280 e. The van der Waals surface area contributed by atoms with Crippen LogP contribution in [0.25, 0.3) is 0 Å². The van der Waals surface area contributed by atoms with Crippen LogP contribution in [0.1, 0.15) is 0 Å². The van der Waals surface area contributed by atoms with Gasteiger partial charge in [0.2, 0.25) is 0 Å². The zero-order valence-electron chi connectivity index (χ0n) is 6.20. The Kier molecular flexibility index (Phi) is 1.33. The molecule has 12 heavy (non-hydrogen) atoms. The first-order chi connectivity index (χ1) is 5.77. The highest BCUT2D eigenvalue weighted by Crippen LogP contribution is 1.85. The van der Waals surface area contributed by atoms with Gasteiger partial charge in [-0.2, -0.15) is 0 Å². The number of para-hydroxylation sites is 2. The molecule has 0 unspecified atom stereocenters. The maximum absolute atomic E-state index is 7.24. The summed E-state index contributed by atoms with van der Waals surface area (Å²) in [5.41, 5.74) is 0. The molecule has 58 valence electrons. The fraction of sp³-hybridized carbons (Fsp3) is 0. The van der Waals surface area contributed by atoms with Crippen molar-refractivity contribution in [2.24, 2.45) is 9.98 Å². The minimum Gasteiger partial charge on any atom is -0.280 e. The highest BCUT2D eigenvalue weighted by molar-refractivity contribution is 6.39. The van der Waals surface area contributed by atoms with Gasteiger partial charge in [-0.05, 0) is 12.1 Å². The Labute approximate surface area is 68.3 Å². The van der Waals surface area contributed by atoms with Crippen LogP contribution >= 0.6 is 0 Å². The molecule has 0 amide bonds. The van der Waals surface area contributed by atoms with Crippen molar-refractivity contribution in [2.75, 3.05) is 0 Å². The highest BCUT2D eigenvalue weighted by atomic mass is 15.0. The van der Waals surface area contributed by atoms with Gasteiger partial charge in [-0.15, -0.1) is 0 Å². The Morgan fingerprint density at radius 1 is 0.833 bits per heavy atom. The van der Waals surface area contributed by atoms with Gasteiger partial charge in [0.1, 0.15) is 0 Å². The van der Waals surface area contributed by atoms with Crippen molar-refractivity contribution in [2.45, 2.75) is 0 Å². The maximum Gasteiger partial charge on any atom is 0.190 e. The molecule has 0 fully saturated rings. The van der Waals surface area contributed by atoms with Crippen molar-refractivity contribution < 1.29 is 0 Å². The molecule has 0 atom stereocenters. The van der Waals surface area contributed by atoms with Gasteiger partial charge < -0.3 is 0 Å². The van der Waals surface area contributed by atoms with Crippen LogP contribution in [0.3, 0.4) is 0 Å². The summed E-state index contributed by atoms with van der Waals surface area (Å²) >= 11 is 0. The van der Waals surface area contributed by atoms with Crippen molar-refractivity contribution in [3.8, 4) is 0 Å². The van der Waals surface area contributed by atoms with E-state index in [9.17, 15) is 0 Å². The minimum absolute atomic E-state index is 0.0753. The van der Waals surface area contributed by atoms with E-state index >= 15 is 0 Å². The average molecular weight is 158 g/mol. The molecule has 0 saturated carbocycles. The standard InChI is InChI=1S/C8H6N4/c9-7-8(10)12-6-4-2-1-3-5(6)11-7/h1-4,9-10H. The molecular formula is C8H6N4. The van der Waals surface area contributed by atoms with Gasteiger partial charge in [0.15, 0.2) is 11.7 Å². The quantitative estimate of drug-likeness (QED) is 0.529. The first-order valence-electron chi connectivity index (χ1n) is 3.47. The topological polar surface area (TPSA) is 72.4 Å². The van der Waals surface area contributed by atoms with E-state index < -0.39 is 0 Å². The predicted octanol–water partition coefficient (Wildman–Crippen LogP) is -0.106. The lowest BCUT2D eigenvalue weighted by atomic mass is 10.3. The van der Waals surface area contributed by atoms with Crippen molar-refractivity contribution in [1.29, 1.82) is 10.8 Å². The van der Waals surface area contributed by atoms with Crippen molar-refractivity contribution in [3.05, 3.63) is 35.0 Å². The number of benzene rings is 1. The number of nitrogens with one attached hydrogen (secondary N) is 2. The van der Waals surface area contributed by atoms with Crippen LogP contribution in [-0.4, -0.2) is 11.7 Å². The van der Waals surface area contributed by atoms with Crippen molar-refractivity contribution in [3.63, 3.8) is 0 Å². The third-order valence-corrected chi connectivity index (χ3v) is 1.57. The van der Waals surface area contributed by atoms with Gasteiger partial charge in [0.05, 0.1) is 10.7 Å². The minimum atomic E-state index is -0.0753. The monoisotopic (exact) mass is 158 g/mol. The van der Waals surface area contributed by atoms with E-state index in [1.807, 2.05) is 12.1 Å². The van der Waals surface area contributed by atoms with Gasteiger partial charge in [0, 0.05) is 0 Å². The van der Waals surface area contributed by atoms with Crippen LogP contribution in [0.2, 0.25) is 0 Å². The molecule has 4 nitrogen and oxygen atoms in total. The van der Waals surface area contributed by atoms with E-state index in [1.54, 1.807) is 12.1 Å². The Balaban J connectivity index is 2.87. The number of hydrogen-bond donors (Lipinski definition) is 2. The molecule has 0 bridgehead atoms. The van der Waals surface area contributed by atoms with Gasteiger partial charge in [0.25, 0.3) is 0 Å². The van der Waals surface area contributed by atoms with Gasteiger partial charge >= 0.3 is 0 Å². The lowest BCUT2D eigenvalue weighted by Crippen LogP contribution is -2.33. The van der Waals surface area contributed by atoms with Gasteiger partial charge in [-0.3, -0.25) is 10.8 Å². The Bertz CT molecular complexity index is 427. The first-order valence-corrected chi connectivity index (χ1v) is 3.47. The zero-order chi connectivity index (χ0) is 8.55. The summed E-state index contributed by atoms with van der Waals surface area (Å²) in [5.74, 6) is -0.151. The number of amidine groups is 2. The fourth-order valence-electron chi connectivity index (χ4n) is 1.00. The van der Waals surface area contributed by atoms with Crippen LogP contribution in [0.4, 0.5) is 0 Å². The number of hydrogen-bond acceptors (Lipinski definition) is 2. The second-order valence-corrected chi connectivity index (χ2v) is 2.41. The molecule has 1 heterocycles. The average Bonchev–Trinajstić information content (AvgIpc) is 2.07. The normalized spacial score (nSPS) is 14.7. The molecule has 1 aromatic carbocycles. The smallest absolute Gasteiger partial charge is 0.190 e. The lowest BCUT2D eigenvalue weighted by Gasteiger charge is -1.99. The predicted molar refractivity (Wildman–Crippen MR) is 44.2 cm³/mol. The van der Waals surface area contributed by atoms with Crippen LogP contribution in [-0.2, 0) is 0 Å². The van der Waals surface area contributed by atoms with E-state index in [4.69, 9.17) is 10.8 Å². The second-order valence-electron chi connectivity index (χ2n) is 2.41. The fourth-order valence-corrected chi connectivity index (χ4v) is 1.00. The maximum atomic E-state index is 7.24. The van der Waals surface area contributed by atoms with E-state index in [2.05, 4.69) is 9.98 Å². The van der Waals surface area contributed by atoms with E-state index in [0.29, 0.717) is 10.7 Å². The molecular weight excluding hydrogens is 152 g/mol. The van der Waals surface area contributed by atoms with Crippen LogP contribution < -0.4 is 10.7 Å². The molecule has 1 aliphatic rings. The summed E-state index contributed by atoms with van der Waals surface area (Å²) in [6, 6.07) is 7.22. The molecule has 4 heteroatoms. The van der Waals surface area contributed by atoms with E-state index in [-0.39, 0.29) is 11.7 Å². The molecule has 0 spiro atoms. The number of nitrogens with zero attached hydrogens (tertiary/aromatic N) is 2. The molecule has 0 aliphatic carbocycles. The summed E-state index contributed by atoms with van der Waals surface area (Å²) in [4.78, 5) is 7.78. The first kappa shape index (κ1) is 6.84. The van der Waals surface area contributed by atoms with Crippen LogP contribution in [0.15, 0.2) is 34.3 Å². The number of fused-ring (bicyclic) bond motifs is 1.